The minimum absolute atomic E-state index is 0.0170. The zero-order valence-electron chi connectivity index (χ0n) is 20.0. The maximum absolute atomic E-state index is 13.1. The molecule has 1 aliphatic heterocycles. The van der Waals surface area contributed by atoms with Crippen molar-refractivity contribution in [2.45, 2.75) is 77.9 Å². The molecule has 0 spiro atoms. The molecule has 2 heterocycles. The van der Waals surface area contributed by atoms with Crippen LogP contribution < -0.4 is 9.64 Å². The van der Waals surface area contributed by atoms with Crippen molar-refractivity contribution in [1.82, 2.24) is 4.98 Å². The van der Waals surface area contributed by atoms with E-state index < -0.39 is 8.07 Å². The van der Waals surface area contributed by atoms with Crippen LogP contribution in [0.1, 0.15) is 61.3 Å². The summed E-state index contributed by atoms with van der Waals surface area (Å²) in [7, 11) is -1.75. The highest BCUT2D eigenvalue weighted by Gasteiger charge is 2.42. The molecule has 168 valence electrons. The molecule has 1 unspecified atom stereocenters. The topological polar surface area (TPSA) is 42.4 Å². The Morgan fingerprint density at radius 2 is 1.87 bits per heavy atom. The Morgan fingerprint density at radius 3 is 2.48 bits per heavy atom. The number of carbonyl (C=O) groups is 1. The molecule has 31 heavy (non-hydrogen) atoms. The van der Waals surface area contributed by atoms with Gasteiger partial charge in [-0.3, -0.25) is 9.69 Å². The molecule has 1 fully saturated rings. The maximum atomic E-state index is 13.1. The Balaban J connectivity index is 1.75. The van der Waals surface area contributed by atoms with Gasteiger partial charge in [0.2, 0.25) is 5.91 Å². The Kier molecular flexibility index (Phi) is 7.49. The first-order valence-corrected chi connectivity index (χ1v) is 14.6. The first-order valence-electron chi connectivity index (χ1n) is 11.5. The second-order valence-electron chi connectivity index (χ2n) is 9.44. The minimum Gasteiger partial charge on any atom is -0.494 e. The molecule has 1 atom stereocenters. The number of fused-ring (bicyclic) bond motifs is 1. The van der Waals surface area contributed by atoms with Crippen LogP contribution >= 0.6 is 11.3 Å². The van der Waals surface area contributed by atoms with Crippen LogP contribution in [0.5, 0.6) is 5.75 Å². The standard InChI is InChI=1S/C25H36N2O2SSi/c1-8-29-21-11-12-22-23(16-21)30-25(26-22)27-14-13-20(24(27)28)10-9-15-31(17(2)3,18(4)5)19(6)7/h11-12,16-20H,8,10,13-14H2,1-7H3. The lowest BCUT2D eigenvalue weighted by molar-refractivity contribution is -0.120. The molecule has 0 saturated carbocycles. The number of hydrogen-bond acceptors (Lipinski definition) is 4. The number of ether oxygens (including phenoxy) is 1. The van der Waals surface area contributed by atoms with E-state index in [2.05, 4.69) is 53.0 Å². The molecular weight excluding hydrogens is 420 g/mol. The van der Waals surface area contributed by atoms with E-state index in [1.54, 1.807) is 11.3 Å². The van der Waals surface area contributed by atoms with Crippen molar-refractivity contribution in [3.63, 3.8) is 0 Å². The summed E-state index contributed by atoms with van der Waals surface area (Å²) in [5.74, 6) is 4.49. The zero-order valence-corrected chi connectivity index (χ0v) is 21.8. The second kappa shape index (κ2) is 9.75. The van der Waals surface area contributed by atoms with Crippen LogP contribution in [0.4, 0.5) is 5.13 Å². The van der Waals surface area contributed by atoms with Gasteiger partial charge in [-0.1, -0.05) is 52.9 Å². The van der Waals surface area contributed by atoms with Gasteiger partial charge in [0.25, 0.3) is 0 Å². The summed E-state index contributed by atoms with van der Waals surface area (Å²) in [5.41, 5.74) is 6.52. The Labute approximate surface area is 192 Å². The summed E-state index contributed by atoms with van der Waals surface area (Å²) in [6, 6.07) is 5.92. The number of hydrogen-bond donors (Lipinski definition) is 0. The number of anilines is 1. The third-order valence-electron chi connectivity index (χ3n) is 6.73. The summed E-state index contributed by atoms with van der Waals surface area (Å²) >= 11 is 1.56. The summed E-state index contributed by atoms with van der Waals surface area (Å²) in [5, 5.41) is 0.791. The summed E-state index contributed by atoms with van der Waals surface area (Å²) in [4.78, 5) is 19.7. The van der Waals surface area contributed by atoms with Crippen molar-refractivity contribution in [2.75, 3.05) is 18.1 Å². The molecule has 0 aliphatic carbocycles. The molecule has 1 saturated heterocycles. The highest BCUT2D eigenvalue weighted by atomic mass is 32.1. The van der Waals surface area contributed by atoms with Crippen LogP contribution in [-0.4, -0.2) is 32.1 Å². The van der Waals surface area contributed by atoms with Crippen LogP contribution in [-0.2, 0) is 4.79 Å². The van der Waals surface area contributed by atoms with E-state index in [-0.39, 0.29) is 11.8 Å². The fourth-order valence-corrected chi connectivity index (χ4v) is 11.4. The third-order valence-corrected chi connectivity index (χ3v) is 14.1. The predicted molar refractivity (Wildman–Crippen MR) is 135 cm³/mol. The van der Waals surface area contributed by atoms with Gasteiger partial charge in [-0.15, -0.1) is 11.5 Å². The second-order valence-corrected chi connectivity index (χ2v) is 16.0. The van der Waals surface area contributed by atoms with Crippen molar-refractivity contribution >= 4 is 40.7 Å². The summed E-state index contributed by atoms with van der Waals surface area (Å²) in [6.45, 7) is 17.3. The van der Waals surface area contributed by atoms with Crippen molar-refractivity contribution in [1.29, 1.82) is 0 Å². The van der Waals surface area contributed by atoms with E-state index >= 15 is 0 Å². The van der Waals surface area contributed by atoms with E-state index in [0.717, 1.165) is 34.1 Å². The van der Waals surface area contributed by atoms with Crippen molar-refractivity contribution < 1.29 is 9.53 Å². The van der Waals surface area contributed by atoms with E-state index in [9.17, 15) is 4.79 Å². The van der Waals surface area contributed by atoms with Crippen molar-refractivity contribution in [3.05, 3.63) is 18.2 Å². The molecule has 0 radical (unpaired) electrons. The number of benzene rings is 1. The van der Waals surface area contributed by atoms with Gasteiger partial charge in [0, 0.05) is 13.0 Å². The monoisotopic (exact) mass is 456 g/mol. The van der Waals surface area contributed by atoms with Crippen LogP contribution in [0.3, 0.4) is 0 Å². The Bertz CT molecular complexity index is 965. The normalized spacial score (nSPS) is 17.2. The van der Waals surface area contributed by atoms with Gasteiger partial charge < -0.3 is 4.74 Å². The Morgan fingerprint density at radius 1 is 1.19 bits per heavy atom. The fourth-order valence-electron chi connectivity index (χ4n) is 5.14. The van der Waals surface area contributed by atoms with Crippen LogP contribution in [0.25, 0.3) is 10.2 Å². The number of carbonyl (C=O) groups excluding carboxylic acids is 1. The minimum atomic E-state index is -1.75. The Hall–Kier alpha value is -1.84. The lowest BCUT2D eigenvalue weighted by atomic mass is 10.1. The quantitative estimate of drug-likeness (QED) is 0.345. The van der Waals surface area contributed by atoms with Gasteiger partial charge in [-0.25, -0.2) is 4.98 Å². The largest absolute Gasteiger partial charge is 0.494 e. The number of aromatic nitrogens is 1. The van der Waals surface area contributed by atoms with Crippen LogP contribution in [0, 0.1) is 17.4 Å². The molecule has 4 nitrogen and oxygen atoms in total. The fraction of sp³-hybridized carbons (Fsp3) is 0.600. The molecule has 0 N–H and O–H groups in total. The average molecular weight is 457 g/mol. The lowest BCUT2D eigenvalue weighted by Gasteiger charge is -2.38. The third kappa shape index (κ3) is 4.68. The number of nitrogens with zero attached hydrogens (tertiary/aromatic N) is 2. The first kappa shape index (κ1) is 23.8. The smallest absolute Gasteiger partial charge is 0.232 e. The van der Waals surface area contributed by atoms with E-state index in [0.29, 0.717) is 29.7 Å². The molecule has 3 rings (SSSR count). The number of rotatable bonds is 7. The van der Waals surface area contributed by atoms with Gasteiger partial charge in [0.15, 0.2) is 5.13 Å². The van der Waals surface area contributed by atoms with Gasteiger partial charge in [0.05, 0.1) is 22.7 Å². The molecule has 1 aromatic carbocycles. The lowest BCUT2D eigenvalue weighted by Crippen LogP contribution is -2.43. The maximum Gasteiger partial charge on any atom is 0.232 e. The first-order chi connectivity index (χ1) is 14.7. The van der Waals surface area contributed by atoms with Crippen molar-refractivity contribution in [2.24, 2.45) is 5.92 Å². The number of thiazole rings is 1. The summed E-state index contributed by atoms with van der Waals surface area (Å²) in [6.07, 6.45) is 1.52. The average Bonchev–Trinajstić information content (AvgIpc) is 3.27. The molecular formula is C25H36N2O2SSi. The predicted octanol–water partition coefficient (Wildman–Crippen LogP) is 6.66. The van der Waals surface area contributed by atoms with Gasteiger partial charge in [-0.2, -0.15) is 0 Å². The van der Waals surface area contributed by atoms with Gasteiger partial charge >= 0.3 is 0 Å². The van der Waals surface area contributed by atoms with Crippen LogP contribution in [0.15, 0.2) is 18.2 Å². The van der Waals surface area contributed by atoms with Crippen LogP contribution in [0.2, 0.25) is 16.6 Å². The van der Waals surface area contributed by atoms with E-state index in [1.165, 1.54) is 0 Å². The van der Waals surface area contributed by atoms with E-state index in [4.69, 9.17) is 9.72 Å². The molecule has 6 heteroatoms. The van der Waals surface area contributed by atoms with Crippen molar-refractivity contribution in [3.8, 4) is 17.2 Å². The zero-order chi connectivity index (χ0) is 22.8. The molecule has 0 bridgehead atoms. The molecule has 1 aliphatic rings. The molecule has 1 aromatic heterocycles. The van der Waals surface area contributed by atoms with Gasteiger partial charge in [-0.05, 0) is 48.2 Å². The SMILES string of the molecule is CCOc1ccc2nc(N3CCC(CC#C[Si](C(C)C)(C(C)C)C(C)C)C3=O)sc2c1. The highest BCUT2D eigenvalue weighted by Crippen LogP contribution is 2.41. The highest BCUT2D eigenvalue weighted by molar-refractivity contribution is 7.22. The molecule has 2 aromatic rings. The van der Waals surface area contributed by atoms with E-state index in [1.807, 2.05) is 30.0 Å². The van der Waals surface area contributed by atoms with Gasteiger partial charge in [0.1, 0.15) is 13.8 Å². The molecule has 1 amide bonds. The number of amides is 1. The summed E-state index contributed by atoms with van der Waals surface area (Å²) < 4.78 is 6.65.